The molecule has 1 saturated heterocycles. The van der Waals surface area contributed by atoms with Gasteiger partial charge >= 0.3 is 0 Å². The summed E-state index contributed by atoms with van der Waals surface area (Å²) in [5.74, 6) is 0. The second kappa shape index (κ2) is 4.37. The molecular weight excluding hydrogens is 216 g/mol. The summed E-state index contributed by atoms with van der Waals surface area (Å²) in [7, 11) is -3.51. The molecule has 1 heterocycles. The van der Waals surface area contributed by atoms with Gasteiger partial charge in [-0.05, 0) is 20.8 Å². The van der Waals surface area contributed by atoms with Crippen LogP contribution in [0, 0.1) is 0 Å². The molecule has 0 amide bonds. The quantitative estimate of drug-likeness (QED) is 0.683. The fourth-order valence-corrected chi connectivity index (χ4v) is 2.26. The SMILES string of the molecule is CC(C)(C)N1CCOC[C@H](S(N)(=O)=O)C1. The first-order chi connectivity index (χ1) is 6.71. The predicted octanol–water partition coefficient (Wildman–Crippen LogP) is -0.226. The lowest BCUT2D eigenvalue weighted by atomic mass is 10.1. The Morgan fingerprint density at radius 1 is 1.40 bits per heavy atom. The number of nitrogens with zero attached hydrogens (tertiary/aromatic N) is 1. The van der Waals surface area contributed by atoms with Gasteiger partial charge in [0.15, 0.2) is 0 Å². The Labute approximate surface area is 91.6 Å². The highest BCUT2D eigenvalue weighted by molar-refractivity contribution is 7.89. The van der Waals surface area contributed by atoms with Crippen molar-refractivity contribution in [2.24, 2.45) is 5.14 Å². The van der Waals surface area contributed by atoms with E-state index in [9.17, 15) is 8.42 Å². The second-order valence-corrected chi connectivity index (χ2v) is 6.75. The Morgan fingerprint density at radius 3 is 2.47 bits per heavy atom. The Morgan fingerprint density at radius 2 is 2.00 bits per heavy atom. The highest BCUT2D eigenvalue weighted by Crippen LogP contribution is 2.17. The summed E-state index contributed by atoms with van der Waals surface area (Å²) in [4.78, 5) is 2.09. The van der Waals surface area contributed by atoms with Gasteiger partial charge in [-0.25, -0.2) is 13.6 Å². The molecule has 15 heavy (non-hydrogen) atoms. The van der Waals surface area contributed by atoms with Crippen molar-refractivity contribution in [3.8, 4) is 0 Å². The van der Waals surface area contributed by atoms with Crippen LogP contribution in [0.4, 0.5) is 0 Å². The van der Waals surface area contributed by atoms with Crippen LogP contribution in [0.5, 0.6) is 0 Å². The van der Waals surface area contributed by atoms with Crippen molar-refractivity contribution in [1.29, 1.82) is 0 Å². The number of rotatable bonds is 1. The van der Waals surface area contributed by atoms with Crippen molar-refractivity contribution in [1.82, 2.24) is 4.90 Å². The third-order valence-corrected chi connectivity index (χ3v) is 3.86. The van der Waals surface area contributed by atoms with Gasteiger partial charge < -0.3 is 4.74 Å². The molecule has 90 valence electrons. The van der Waals surface area contributed by atoms with Crippen molar-refractivity contribution >= 4 is 10.0 Å². The van der Waals surface area contributed by atoms with Crippen molar-refractivity contribution in [3.63, 3.8) is 0 Å². The molecule has 6 heteroatoms. The zero-order chi connectivity index (χ0) is 11.7. The zero-order valence-electron chi connectivity index (χ0n) is 9.56. The molecule has 1 fully saturated rings. The van der Waals surface area contributed by atoms with Crippen molar-refractivity contribution in [2.75, 3.05) is 26.3 Å². The van der Waals surface area contributed by atoms with Crippen LogP contribution >= 0.6 is 0 Å². The lowest BCUT2D eigenvalue weighted by Gasteiger charge is -2.35. The maximum Gasteiger partial charge on any atom is 0.215 e. The van der Waals surface area contributed by atoms with Gasteiger partial charge in [0.1, 0.15) is 5.25 Å². The van der Waals surface area contributed by atoms with E-state index in [1.54, 1.807) is 0 Å². The molecule has 1 rings (SSSR count). The topological polar surface area (TPSA) is 72.6 Å². The minimum absolute atomic E-state index is 0.0589. The number of hydrogen-bond acceptors (Lipinski definition) is 4. The standard InChI is InChI=1S/C9H20N2O3S/c1-9(2,3)11-4-5-14-7-8(6-11)15(10,12)13/h8H,4-7H2,1-3H3,(H2,10,12,13)/t8-/m1/s1. The first-order valence-electron chi connectivity index (χ1n) is 5.05. The summed E-state index contributed by atoms with van der Waals surface area (Å²) >= 11 is 0. The minimum atomic E-state index is -3.51. The van der Waals surface area contributed by atoms with Crippen LogP contribution in [0.15, 0.2) is 0 Å². The summed E-state index contributed by atoms with van der Waals surface area (Å²) in [5.41, 5.74) is -0.0589. The van der Waals surface area contributed by atoms with Crippen LogP contribution in [0.25, 0.3) is 0 Å². The molecule has 1 atom stereocenters. The normalized spacial score (nSPS) is 26.3. The molecule has 5 nitrogen and oxygen atoms in total. The molecule has 0 saturated carbocycles. The lowest BCUT2D eigenvalue weighted by Crippen LogP contribution is -2.48. The predicted molar refractivity (Wildman–Crippen MR) is 59.0 cm³/mol. The number of hydrogen-bond donors (Lipinski definition) is 1. The summed E-state index contributed by atoms with van der Waals surface area (Å²) in [6.45, 7) is 8.11. The average molecular weight is 236 g/mol. The Kier molecular flexibility index (Phi) is 3.76. The van der Waals surface area contributed by atoms with E-state index in [-0.39, 0.29) is 12.1 Å². The first-order valence-corrected chi connectivity index (χ1v) is 6.66. The van der Waals surface area contributed by atoms with Gasteiger partial charge in [0.05, 0.1) is 13.2 Å². The molecule has 1 aliphatic heterocycles. The van der Waals surface area contributed by atoms with Crippen LogP contribution < -0.4 is 5.14 Å². The van der Waals surface area contributed by atoms with Crippen molar-refractivity contribution in [2.45, 2.75) is 31.6 Å². The molecule has 2 N–H and O–H groups in total. The molecule has 0 aliphatic carbocycles. The van der Waals surface area contributed by atoms with Crippen LogP contribution in [0.1, 0.15) is 20.8 Å². The van der Waals surface area contributed by atoms with E-state index in [4.69, 9.17) is 9.88 Å². The molecule has 0 aromatic rings. The average Bonchev–Trinajstić information content (AvgIpc) is 2.24. The summed E-state index contributed by atoms with van der Waals surface area (Å²) in [6.07, 6.45) is 0. The van der Waals surface area contributed by atoms with Crippen molar-refractivity contribution < 1.29 is 13.2 Å². The number of nitrogens with two attached hydrogens (primary N) is 1. The fraction of sp³-hybridized carbons (Fsp3) is 1.00. The van der Waals surface area contributed by atoms with E-state index in [1.165, 1.54) is 0 Å². The molecule has 1 aliphatic rings. The van der Waals surface area contributed by atoms with E-state index in [1.807, 2.05) is 0 Å². The van der Waals surface area contributed by atoms with Gasteiger partial charge in [-0.3, -0.25) is 4.90 Å². The molecule has 0 radical (unpaired) electrons. The molecule has 0 bridgehead atoms. The van der Waals surface area contributed by atoms with Gasteiger partial charge in [-0.2, -0.15) is 0 Å². The van der Waals surface area contributed by atoms with Gasteiger partial charge in [-0.1, -0.05) is 0 Å². The van der Waals surface area contributed by atoms with Crippen LogP contribution in [-0.2, 0) is 14.8 Å². The van der Waals surface area contributed by atoms with Gasteiger partial charge in [0.2, 0.25) is 10.0 Å². The van der Waals surface area contributed by atoms with Crippen LogP contribution in [0.2, 0.25) is 0 Å². The molecule has 0 aromatic carbocycles. The fourth-order valence-electron chi connectivity index (χ4n) is 1.59. The maximum atomic E-state index is 11.3. The van der Waals surface area contributed by atoms with E-state index in [2.05, 4.69) is 25.7 Å². The largest absolute Gasteiger partial charge is 0.379 e. The molecule has 0 spiro atoms. The second-order valence-electron chi connectivity index (χ2n) is 4.90. The molecular formula is C9H20N2O3S. The molecule has 0 unspecified atom stereocenters. The highest BCUT2D eigenvalue weighted by atomic mass is 32.2. The minimum Gasteiger partial charge on any atom is -0.379 e. The number of primary sulfonamides is 1. The van der Waals surface area contributed by atoms with Gasteiger partial charge in [-0.15, -0.1) is 0 Å². The Hall–Kier alpha value is -0.170. The Balaban J connectivity index is 2.79. The van der Waals surface area contributed by atoms with Crippen LogP contribution in [-0.4, -0.2) is 50.4 Å². The molecule has 0 aromatic heterocycles. The maximum absolute atomic E-state index is 11.3. The highest BCUT2D eigenvalue weighted by Gasteiger charge is 2.31. The van der Waals surface area contributed by atoms with E-state index < -0.39 is 15.3 Å². The van der Waals surface area contributed by atoms with Gasteiger partial charge in [0.25, 0.3) is 0 Å². The Bertz CT molecular complexity index is 308. The van der Waals surface area contributed by atoms with E-state index in [0.29, 0.717) is 13.2 Å². The zero-order valence-corrected chi connectivity index (χ0v) is 10.4. The third kappa shape index (κ3) is 3.71. The smallest absolute Gasteiger partial charge is 0.215 e. The summed E-state index contributed by atoms with van der Waals surface area (Å²) in [5, 5.41) is 4.54. The van der Waals surface area contributed by atoms with E-state index >= 15 is 0 Å². The first kappa shape index (κ1) is 12.9. The summed E-state index contributed by atoms with van der Waals surface area (Å²) in [6, 6.07) is 0. The summed E-state index contributed by atoms with van der Waals surface area (Å²) < 4.78 is 27.8. The monoisotopic (exact) mass is 236 g/mol. The number of sulfonamides is 1. The lowest BCUT2D eigenvalue weighted by molar-refractivity contribution is 0.110. The third-order valence-electron chi connectivity index (χ3n) is 2.65. The van der Waals surface area contributed by atoms with E-state index in [0.717, 1.165) is 6.54 Å². The van der Waals surface area contributed by atoms with Crippen LogP contribution in [0.3, 0.4) is 0 Å². The van der Waals surface area contributed by atoms with Gasteiger partial charge in [0, 0.05) is 18.6 Å². The van der Waals surface area contributed by atoms with Crippen molar-refractivity contribution in [3.05, 3.63) is 0 Å². The number of ether oxygens (including phenoxy) is 1.